The summed E-state index contributed by atoms with van der Waals surface area (Å²) >= 11 is 0. The van der Waals surface area contributed by atoms with Gasteiger partial charge in [0.05, 0.1) is 0 Å². The zero-order chi connectivity index (χ0) is 16.1. The number of halogens is 1. The van der Waals surface area contributed by atoms with Crippen LogP contribution in [0, 0.1) is 5.82 Å². The van der Waals surface area contributed by atoms with Gasteiger partial charge >= 0.3 is 0 Å². The molecule has 1 N–H and O–H groups in total. The minimum Gasteiger partial charge on any atom is -0.380 e. The van der Waals surface area contributed by atoms with Crippen molar-refractivity contribution in [2.45, 2.75) is 6.54 Å². The van der Waals surface area contributed by atoms with Gasteiger partial charge in [0.2, 0.25) is 0 Å². The Hall–Kier alpha value is -2.94. The fourth-order valence-corrected chi connectivity index (χ4v) is 2.42. The van der Waals surface area contributed by atoms with Crippen molar-refractivity contribution < 1.29 is 9.18 Å². The summed E-state index contributed by atoms with van der Waals surface area (Å²) in [4.78, 5) is 11.2. The first kappa shape index (κ1) is 15.0. The molecule has 0 aliphatic heterocycles. The van der Waals surface area contributed by atoms with Crippen molar-refractivity contribution in [3.05, 3.63) is 89.7 Å². The Labute approximate surface area is 134 Å². The largest absolute Gasteiger partial charge is 0.380 e. The Kier molecular flexibility index (Phi) is 4.48. The van der Waals surface area contributed by atoms with E-state index in [1.807, 2.05) is 48.5 Å². The minimum atomic E-state index is -0.256. The van der Waals surface area contributed by atoms with Crippen LogP contribution in [0.1, 0.15) is 15.9 Å². The second kappa shape index (κ2) is 6.88. The topological polar surface area (TPSA) is 29.1 Å². The molecule has 0 fully saturated rings. The van der Waals surface area contributed by atoms with Crippen molar-refractivity contribution in [1.82, 2.24) is 0 Å². The standard InChI is InChI=1S/C20H16FNO/c21-19-10-6-15(7-11-19)13-22-20-12-17(8-9-18(20)14-23)16-4-2-1-3-5-16/h1-12,14,22H,13H2. The number of carbonyl (C=O) groups excluding carboxylic acids is 1. The van der Waals surface area contributed by atoms with E-state index in [9.17, 15) is 9.18 Å². The van der Waals surface area contributed by atoms with Crippen LogP contribution in [0.3, 0.4) is 0 Å². The lowest BCUT2D eigenvalue weighted by molar-refractivity contribution is 0.112. The van der Waals surface area contributed by atoms with Gasteiger partial charge < -0.3 is 5.32 Å². The molecule has 0 bridgehead atoms. The lowest BCUT2D eigenvalue weighted by Gasteiger charge is -2.11. The number of anilines is 1. The average Bonchev–Trinajstić information content (AvgIpc) is 2.62. The van der Waals surface area contributed by atoms with Crippen LogP contribution < -0.4 is 5.32 Å². The van der Waals surface area contributed by atoms with Gasteiger partial charge in [-0.05, 0) is 41.0 Å². The lowest BCUT2D eigenvalue weighted by atomic mass is 10.0. The predicted molar refractivity (Wildman–Crippen MR) is 91.0 cm³/mol. The molecule has 0 spiro atoms. The molecule has 0 heterocycles. The zero-order valence-corrected chi connectivity index (χ0v) is 12.5. The van der Waals surface area contributed by atoms with E-state index in [1.54, 1.807) is 12.1 Å². The SMILES string of the molecule is O=Cc1ccc(-c2ccccc2)cc1NCc1ccc(F)cc1. The van der Waals surface area contributed by atoms with E-state index >= 15 is 0 Å². The summed E-state index contributed by atoms with van der Waals surface area (Å²) in [5, 5.41) is 3.26. The Morgan fingerprint density at radius 2 is 1.61 bits per heavy atom. The van der Waals surface area contributed by atoms with Crippen LogP contribution in [0.4, 0.5) is 10.1 Å². The van der Waals surface area contributed by atoms with Crippen molar-refractivity contribution in [3.8, 4) is 11.1 Å². The molecule has 0 saturated heterocycles. The maximum Gasteiger partial charge on any atom is 0.152 e. The quantitative estimate of drug-likeness (QED) is 0.678. The number of benzene rings is 3. The first-order valence-electron chi connectivity index (χ1n) is 7.39. The van der Waals surface area contributed by atoms with Crippen molar-refractivity contribution in [1.29, 1.82) is 0 Å². The number of hydrogen-bond donors (Lipinski definition) is 1. The van der Waals surface area contributed by atoms with Crippen LogP contribution in [0.5, 0.6) is 0 Å². The van der Waals surface area contributed by atoms with E-state index in [0.717, 1.165) is 28.7 Å². The minimum absolute atomic E-state index is 0.256. The molecule has 0 unspecified atom stereocenters. The summed E-state index contributed by atoms with van der Waals surface area (Å²) in [6, 6.07) is 22.0. The van der Waals surface area contributed by atoms with Crippen LogP contribution in [0.15, 0.2) is 72.8 Å². The molecule has 0 aliphatic carbocycles. The average molecular weight is 305 g/mol. The fraction of sp³-hybridized carbons (Fsp3) is 0.0500. The number of nitrogens with one attached hydrogen (secondary N) is 1. The molecule has 0 radical (unpaired) electrons. The van der Waals surface area contributed by atoms with Crippen LogP contribution in [0.25, 0.3) is 11.1 Å². The molecule has 0 aliphatic rings. The lowest BCUT2D eigenvalue weighted by Crippen LogP contribution is -2.02. The summed E-state index contributed by atoms with van der Waals surface area (Å²) < 4.78 is 12.9. The second-order valence-corrected chi connectivity index (χ2v) is 5.27. The van der Waals surface area contributed by atoms with Gasteiger partial charge in [-0.15, -0.1) is 0 Å². The van der Waals surface area contributed by atoms with Gasteiger partial charge in [-0.25, -0.2) is 4.39 Å². The fourth-order valence-electron chi connectivity index (χ4n) is 2.42. The maximum absolute atomic E-state index is 12.9. The molecule has 0 atom stereocenters. The van der Waals surface area contributed by atoms with Gasteiger partial charge in [0.25, 0.3) is 0 Å². The Morgan fingerprint density at radius 1 is 0.870 bits per heavy atom. The number of aldehydes is 1. The molecule has 3 aromatic rings. The molecular weight excluding hydrogens is 289 g/mol. The van der Waals surface area contributed by atoms with E-state index in [1.165, 1.54) is 12.1 Å². The Balaban J connectivity index is 1.85. The van der Waals surface area contributed by atoms with Crippen LogP contribution in [-0.4, -0.2) is 6.29 Å². The van der Waals surface area contributed by atoms with Gasteiger partial charge in [0.1, 0.15) is 5.82 Å². The smallest absolute Gasteiger partial charge is 0.152 e. The molecule has 0 saturated carbocycles. The third-order valence-corrected chi connectivity index (χ3v) is 3.68. The van der Waals surface area contributed by atoms with Crippen LogP contribution in [-0.2, 0) is 6.54 Å². The van der Waals surface area contributed by atoms with E-state index < -0.39 is 0 Å². The van der Waals surface area contributed by atoms with Crippen LogP contribution >= 0.6 is 0 Å². The maximum atomic E-state index is 12.9. The predicted octanol–water partition coefficient (Wildman–Crippen LogP) is 4.92. The van der Waals surface area contributed by atoms with E-state index in [-0.39, 0.29) is 5.82 Å². The molecule has 0 aromatic heterocycles. The summed E-state index contributed by atoms with van der Waals surface area (Å²) in [6.45, 7) is 0.527. The summed E-state index contributed by atoms with van der Waals surface area (Å²) in [5.41, 5.74) is 4.46. The molecule has 2 nitrogen and oxygen atoms in total. The third-order valence-electron chi connectivity index (χ3n) is 3.68. The summed E-state index contributed by atoms with van der Waals surface area (Å²) in [6.07, 6.45) is 0.835. The monoisotopic (exact) mass is 305 g/mol. The van der Waals surface area contributed by atoms with Crippen molar-refractivity contribution in [2.24, 2.45) is 0 Å². The third kappa shape index (κ3) is 3.64. The summed E-state index contributed by atoms with van der Waals surface area (Å²) in [5.74, 6) is -0.256. The van der Waals surface area contributed by atoms with Gasteiger partial charge in [-0.2, -0.15) is 0 Å². The normalized spacial score (nSPS) is 10.3. The molecule has 3 rings (SSSR count). The highest BCUT2D eigenvalue weighted by molar-refractivity contribution is 5.86. The highest BCUT2D eigenvalue weighted by atomic mass is 19.1. The van der Waals surface area contributed by atoms with E-state index in [2.05, 4.69) is 5.32 Å². The highest BCUT2D eigenvalue weighted by Gasteiger charge is 2.05. The Bertz CT molecular complexity index is 798. The molecule has 3 aromatic carbocycles. The van der Waals surface area contributed by atoms with Gasteiger partial charge in [-0.1, -0.05) is 48.5 Å². The van der Waals surface area contributed by atoms with Crippen molar-refractivity contribution in [2.75, 3.05) is 5.32 Å². The van der Waals surface area contributed by atoms with E-state index in [0.29, 0.717) is 12.1 Å². The molecular formula is C20H16FNO. The Morgan fingerprint density at radius 3 is 2.30 bits per heavy atom. The second-order valence-electron chi connectivity index (χ2n) is 5.27. The molecule has 23 heavy (non-hydrogen) atoms. The highest BCUT2D eigenvalue weighted by Crippen LogP contribution is 2.25. The first-order chi connectivity index (χ1) is 11.3. The van der Waals surface area contributed by atoms with E-state index in [4.69, 9.17) is 0 Å². The van der Waals surface area contributed by atoms with Crippen LogP contribution in [0.2, 0.25) is 0 Å². The van der Waals surface area contributed by atoms with Gasteiger partial charge in [-0.3, -0.25) is 4.79 Å². The van der Waals surface area contributed by atoms with Gasteiger partial charge in [0, 0.05) is 17.8 Å². The first-order valence-corrected chi connectivity index (χ1v) is 7.39. The summed E-state index contributed by atoms with van der Waals surface area (Å²) in [7, 11) is 0. The zero-order valence-electron chi connectivity index (χ0n) is 12.5. The van der Waals surface area contributed by atoms with Crippen molar-refractivity contribution >= 4 is 12.0 Å². The number of carbonyl (C=O) groups is 1. The van der Waals surface area contributed by atoms with Gasteiger partial charge in [0.15, 0.2) is 6.29 Å². The number of hydrogen-bond acceptors (Lipinski definition) is 2. The molecule has 114 valence electrons. The van der Waals surface area contributed by atoms with Crippen molar-refractivity contribution in [3.63, 3.8) is 0 Å². The molecule has 3 heteroatoms. The number of rotatable bonds is 5. The molecule has 0 amide bonds.